The lowest BCUT2D eigenvalue weighted by atomic mass is 10.1. The molecule has 0 aromatic heterocycles. The van der Waals surface area contributed by atoms with E-state index in [2.05, 4.69) is 0 Å². The third kappa shape index (κ3) is 4.91. The molecule has 1 aliphatic heterocycles. The SMILES string of the molecule is COC(C)(OC(=O)[C@@H]1[C@H](C(=O)O)OC(C)(C)N1C(=O)OC(C)(C)C)c1ccccc1. The van der Waals surface area contributed by atoms with Crippen molar-refractivity contribution in [3.8, 4) is 0 Å². The molecular formula is C21H29NO8. The number of hydrogen-bond donors (Lipinski definition) is 1. The summed E-state index contributed by atoms with van der Waals surface area (Å²) in [4.78, 5) is 38.8. The molecule has 0 radical (unpaired) electrons. The molecule has 1 aromatic carbocycles. The number of esters is 1. The van der Waals surface area contributed by atoms with Crippen LogP contribution in [0.1, 0.15) is 47.1 Å². The highest BCUT2D eigenvalue weighted by Gasteiger charge is 2.58. The zero-order valence-corrected chi connectivity index (χ0v) is 18.3. The minimum absolute atomic E-state index is 0.537. The number of hydrogen-bond acceptors (Lipinski definition) is 7. The van der Waals surface area contributed by atoms with Crippen LogP contribution >= 0.6 is 0 Å². The second kappa shape index (κ2) is 8.23. The predicted octanol–water partition coefficient (Wildman–Crippen LogP) is 2.87. The zero-order valence-electron chi connectivity index (χ0n) is 18.3. The van der Waals surface area contributed by atoms with Crippen LogP contribution in [0, 0.1) is 0 Å². The number of nitrogens with zero attached hydrogens (tertiary/aromatic N) is 1. The number of carboxylic acid groups (broad SMARTS) is 1. The highest BCUT2D eigenvalue weighted by molar-refractivity contribution is 5.90. The molecule has 3 atom stereocenters. The van der Waals surface area contributed by atoms with E-state index in [1.165, 1.54) is 27.9 Å². The Morgan fingerprint density at radius 1 is 1.07 bits per heavy atom. The Morgan fingerprint density at radius 3 is 2.10 bits per heavy atom. The molecule has 1 heterocycles. The van der Waals surface area contributed by atoms with E-state index in [1.54, 1.807) is 51.1 Å². The van der Waals surface area contributed by atoms with Crippen molar-refractivity contribution in [1.29, 1.82) is 0 Å². The predicted molar refractivity (Wildman–Crippen MR) is 105 cm³/mol. The maximum Gasteiger partial charge on any atom is 0.413 e. The van der Waals surface area contributed by atoms with Crippen molar-refractivity contribution < 1.29 is 38.4 Å². The summed E-state index contributed by atoms with van der Waals surface area (Å²) in [6.07, 6.45) is -2.53. The van der Waals surface area contributed by atoms with Gasteiger partial charge in [-0.15, -0.1) is 0 Å². The second-order valence-electron chi connectivity index (χ2n) is 8.56. The summed E-state index contributed by atoms with van der Waals surface area (Å²) < 4.78 is 21.9. The van der Waals surface area contributed by atoms with Crippen LogP contribution in [0.25, 0.3) is 0 Å². The van der Waals surface area contributed by atoms with Gasteiger partial charge >= 0.3 is 18.0 Å². The van der Waals surface area contributed by atoms with Crippen LogP contribution in [0.5, 0.6) is 0 Å². The monoisotopic (exact) mass is 423 g/mol. The molecule has 166 valence electrons. The average Bonchev–Trinajstić information content (AvgIpc) is 2.92. The van der Waals surface area contributed by atoms with Crippen LogP contribution in [0.4, 0.5) is 4.79 Å². The molecule has 1 fully saturated rings. The normalized spacial score (nSPS) is 22.8. The second-order valence-corrected chi connectivity index (χ2v) is 8.56. The Labute approximate surface area is 175 Å². The highest BCUT2D eigenvalue weighted by atomic mass is 16.7. The van der Waals surface area contributed by atoms with Crippen molar-refractivity contribution in [2.24, 2.45) is 0 Å². The fourth-order valence-electron chi connectivity index (χ4n) is 3.17. The molecule has 2 rings (SSSR count). The first-order chi connectivity index (χ1) is 13.7. The van der Waals surface area contributed by atoms with Gasteiger partial charge in [-0.1, -0.05) is 30.3 Å². The molecule has 1 N–H and O–H groups in total. The number of carbonyl (C=O) groups excluding carboxylic acids is 2. The maximum absolute atomic E-state index is 13.2. The van der Waals surface area contributed by atoms with Gasteiger partial charge < -0.3 is 24.1 Å². The number of amides is 1. The topological polar surface area (TPSA) is 112 Å². The number of benzene rings is 1. The van der Waals surface area contributed by atoms with Crippen molar-refractivity contribution in [1.82, 2.24) is 4.90 Å². The number of aliphatic carboxylic acids is 1. The van der Waals surface area contributed by atoms with Gasteiger partial charge in [0, 0.05) is 19.6 Å². The highest BCUT2D eigenvalue weighted by Crippen LogP contribution is 2.36. The van der Waals surface area contributed by atoms with Crippen molar-refractivity contribution in [3.05, 3.63) is 35.9 Å². The lowest BCUT2D eigenvalue weighted by molar-refractivity contribution is -0.224. The number of carbonyl (C=O) groups is 3. The van der Waals surface area contributed by atoms with E-state index in [9.17, 15) is 19.5 Å². The van der Waals surface area contributed by atoms with E-state index in [4.69, 9.17) is 18.9 Å². The molecule has 1 saturated heterocycles. The molecule has 1 aromatic rings. The first-order valence-electron chi connectivity index (χ1n) is 9.48. The van der Waals surface area contributed by atoms with E-state index >= 15 is 0 Å². The molecule has 0 bridgehead atoms. The zero-order chi connectivity index (χ0) is 22.9. The maximum atomic E-state index is 13.2. The Kier molecular flexibility index (Phi) is 6.48. The van der Waals surface area contributed by atoms with Gasteiger partial charge in [0.15, 0.2) is 12.1 Å². The van der Waals surface area contributed by atoms with Crippen LogP contribution in [0.3, 0.4) is 0 Å². The third-order valence-corrected chi connectivity index (χ3v) is 4.62. The fraction of sp³-hybridized carbons (Fsp3) is 0.571. The average molecular weight is 423 g/mol. The van der Waals surface area contributed by atoms with E-state index in [0.717, 1.165) is 4.90 Å². The number of rotatable bonds is 5. The first-order valence-corrected chi connectivity index (χ1v) is 9.48. The van der Waals surface area contributed by atoms with E-state index in [-0.39, 0.29) is 0 Å². The molecule has 1 aliphatic rings. The van der Waals surface area contributed by atoms with Gasteiger partial charge in [-0.2, -0.15) is 0 Å². The summed E-state index contributed by atoms with van der Waals surface area (Å²) in [5.41, 5.74) is -1.76. The summed E-state index contributed by atoms with van der Waals surface area (Å²) >= 11 is 0. The van der Waals surface area contributed by atoms with Crippen molar-refractivity contribution in [2.45, 2.75) is 70.8 Å². The largest absolute Gasteiger partial charge is 0.479 e. The standard InChI is InChI=1S/C21H29NO8/c1-19(2,3)30-18(26)22-14(15(16(23)24)28-20(22,4)5)17(25)29-21(6,27-7)13-11-9-8-10-12-13/h8-12,14-15H,1-7H3,(H,23,24)/t14-,15+,21?/m0/s1. The molecule has 1 unspecified atom stereocenters. The van der Waals surface area contributed by atoms with Gasteiger partial charge in [0.2, 0.25) is 5.79 Å². The molecule has 0 saturated carbocycles. The van der Waals surface area contributed by atoms with Gasteiger partial charge in [0.1, 0.15) is 11.3 Å². The Hall–Kier alpha value is -2.65. The molecule has 0 aliphatic carbocycles. The van der Waals surface area contributed by atoms with Crippen LogP contribution in [0.15, 0.2) is 30.3 Å². The fourth-order valence-corrected chi connectivity index (χ4v) is 3.17. The molecule has 0 spiro atoms. The minimum Gasteiger partial charge on any atom is -0.479 e. The van der Waals surface area contributed by atoms with Crippen LogP contribution < -0.4 is 0 Å². The van der Waals surface area contributed by atoms with Crippen LogP contribution in [-0.2, 0) is 34.3 Å². The van der Waals surface area contributed by atoms with Gasteiger partial charge in [0.25, 0.3) is 0 Å². The number of ether oxygens (including phenoxy) is 4. The summed E-state index contributed by atoms with van der Waals surface area (Å²) in [5.74, 6) is -3.91. The molecular weight excluding hydrogens is 394 g/mol. The molecule has 9 nitrogen and oxygen atoms in total. The Bertz CT molecular complexity index is 801. The van der Waals surface area contributed by atoms with Crippen molar-refractivity contribution >= 4 is 18.0 Å². The van der Waals surface area contributed by atoms with Crippen molar-refractivity contribution in [3.63, 3.8) is 0 Å². The lowest BCUT2D eigenvalue weighted by Crippen LogP contribution is -2.55. The summed E-state index contributed by atoms with van der Waals surface area (Å²) in [6.45, 7) is 9.46. The number of carboxylic acids is 1. The summed E-state index contributed by atoms with van der Waals surface area (Å²) in [7, 11) is 1.36. The van der Waals surface area contributed by atoms with E-state index < -0.39 is 47.3 Å². The quantitative estimate of drug-likeness (QED) is 0.568. The van der Waals surface area contributed by atoms with Gasteiger partial charge in [-0.05, 0) is 34.6 Å². The van der Waals surface area contributed by atoms with E-state index in [1.807, 2.05) is 0 Å². The minimum atomic E-state index is -1.64. The van der Waals surface area contributed by atoms with Crippen LogP contribution in [-0.4, -0.2) is 58.6 Å². The molecule has 1 amide bonds. The number of methoxy groups -OCH3 is 1. The Morgan fingerprint density at radius 2 is 1.63 bits per heavy atom. The smallest absolute Gasteiger partial charge is 0.413 e. The molecule has 9 heteroatoms. The summed E-state index contributed by atoms with van der Waals surface area (Å²) in [6, 6.07) is 7.10. The van der Waals surface area contributed by atoms with Gasteiger partial charge in [0.05, 0.1) is 0 Å². The third-order valence-electron chi connectivity index (χ3n) is 4.62. The van der Waals surface area contributed by atoms with Crippen LogP contribution in [0.2, 0.25) is 0 Å². The lowest BCUT2D eigenvalue weighted by Gasteiger charge is -2.35. The van der Waals surface area contributed by atoms with Gasteiger partial charge in [-0.3, -0.25) is 4.90 Å². The Balaban J connectivity index is 2.42. The first kappa shape index (κ1) is 23.6. The summed E-state index contributed by atoms with van der Waals surface area (Å²) in [5, 5.41) is 9.63. The molecule has 30 heavy (non-hydrogen) atoms. The van der Waals surface area contributed by atoms with E-state index in [0.29, 0.717) is 5.56 Å². The van der Waals surface area contributed by atoms with Gasteiger partial charge in [-0.25, -0.2) is 14.4 Å². The van der Waals surface area contributed by atoms with Crippen molar-refractivity contribution in [2.75, 3.05) is 7.11 Å².